The van der Waals surface area contributed by atoms with Crippen molar-refractivity contribution in [1.82, 2.24) is 5.32 Å². The predicted octanol–water partition coefficient (Wildman–Crippen LogP) is 3.73. The van der Waals surface area contributed by atoms with E-state index in [0.717, 1.165) is 21.9 Å². The Balaban J connectivity index is 1.41. The molecule has 0 radical (unpaired) electrons. The SMILES string of the molecule is Cc1ccc(NC(=O)NC(=O)COC(=O)COc2ccc3ccccc3c2)c(C)c1. The van der Waals surface area contributed by atoms with Crippen LogP contribution in [-0.4, -0.2) is 31.1 Å². The summed E-state index contributed by atoms with van der Waals surface area (Å²) < 4.78 is 10.3. The molecule has 0 aliphatic rings. The third-order valence-corrected chi connectivity index (χ3v) is 4.32. The number of nitrogens with one attached hydrogen (secondary N) is 2. The number of hydrogen-bond donors (Lipinski definition) is 2. The molecule has 0 heterocycles. The number of amides is 3. The lowest BCUT2D eigenvalue weighted by molar-refractivity contribution is -0.150. The van der Waals surface area contributed by atoms with Gasteiger partial charge in [-0.3, -0.25) is 10.1 Å². The highest BCUT2D eigenvalue weighted by Crippen LogP contribution is 2.20. The third-order valence-electron chi connectivity index (χ3n) is 4.32. The van der Waals surface area contributed by atoms with Gasteiger partial charge in [-0.1, -0.05) is 48.0 Å². The van der Waals surface area contributed by atoms with Crippen LogP contribution in [0.3, 0.4) is 0 Å². The Hall–Kier alpha value is -3.87. The number of carbonyl (C=O) groups excluding carboxylic acids is 3. The lowest BCUT2D eigenvalue weighted by Gasteiger charge is -2.10. The fraction of sp³-hybridized carbons (Fsp3) is 0.174. The summed E-state index contributed by atoms with van der Waals surface area (Å²) in [7, 11) is 0. The van der Waals surface area contributed by atoms with Gasteiger partial charge >= 0.3 is 12.0 Å². The Morgan fingerprint density at radius 2 is 1.63 bits per heavy atom. The molecule has 3 aromatic carbocycles. The molecule has 3 aromatic rings. The minimum atomic E-state index is -0.740. The van der Waals surface area contributed by atoms with Crippen LogP contribution in [-0.2, 0) is 14.3 Å². The topological polar surface area (TPSA) is 93.7 Å². The molecule has 0 spiro atoms. The number of fused-ring (bicyclic) bond motifs is 1. The summed E-state index contributed by atoms with van der Waals surface area (Å²) >= 11 is 0. The molecule has 0 saturated heterocycles. The molecule has 0 aromatic heterocycles. The van der Waals surface area contributed by atoms with Gasteiger partial charge in [-0.05, 0) is 48.4 Å². The van der Waals surface area contributed by atoms with Gasteiger partial charge in [0.05, 0.1) is 0 Å². The molecule has 2 N–H and O–H groups in total. The van der Waals surface area contributed by atoms with Gasteiger partial charge < -0.3 is 14.8 Å². The zero-order chi connectivity index (χ0) is 21.5. The standard InChI is InChI=1S/C23H22N2O5/c1-15-7-10-20(16(2)11-15)24-23(28)25-21(26)13-30-22(27)14-29-19-9-8-17-5-3-4-6-18(17)12-19/h3-12H,13-14H2,1-2H3,(H2,24,25,26,28). The molecule has 0 aliphatic heterocycles. The van der Waals surface area contributed by atoms with Gasteiger partial charge in [0.2, 0.25) is 0 Å². The van der Waals surface area contributed by atoms with Gasteiger partial charge in [0.15, 0.2) is 13.2 Å². The van der Waals surface area contributed by atoms with Crippen LogP contribution in [0.5, 0.6) is 5.75 Å². The molecule has 0 bridgehead atoms. The predicted molar refractivity (Wildman–Crippen MR) is 113 cm³/mol. The zero-order valence-corrected chi connectivity index (χ0v) is 16.7. The van der Waals surface area contributed by atoms with E-state index in [2.05, 4.69) is 10.6 Å². The maximum Gasteiger partial charge on any atom is 0.344 e. The summed E-state index contributed by atoms with van der Waals surface area (Å²) in [4.78, 5) is 35.5. The van der Waals surface area contributed by atoms with E-state index in [9.17, 15) is 14.4 Å². The lowest BCUT2D eigenvalue weighted by Crippen LogP contribution is -2.37. The fourth-order valence-corrected chi connectivity index (χ4v) is 2.86. The highest BCUT2D eigenvalue weighted by atomic mass is 16.6. The van der Waals surface area contributed by atoms with Crippen LogP contribution in [0.4, 0.5) is 10.5 Å². The Labute approximate surface area is 174 Å². The number of esters is 1. The second-order valence-electron chi connectivity index (χ2n) is 6.78. The van der Waals surface area contributed by atoms with Crippen LogP contribution in [0.1, 0.15) is 11.1 Å². The van der Waals surface area contributed by atoms with Gasteiger partial charge in [-0.25, -0.2) is 9.59 Å². The van der Waals surface area contributed by atoms with Crippen molar-refractivity contribution >= 4 is 34.4 Å². The van der Waals surface area contributed by atoms with Crippen molar-refractivity contribution in [3.63, 3.8) is 0 Å². The zero-order valence-electron chi connectivity index (χ0n) is 16.7. The van der Waals surface area contributed by atoms with E-state index in [0.29, 0.717) is 11.4 Å². The number of urea groups is 1. The van der Waals surface area contributed by atoms with Crippen molar-refractivity contribution in [2.75, 3.05) is 18.5 Å². The number of rotatable bonds is 6. The molecule has 0 fully saturated rings. The minimum absolute atomic E-state index is 0.347. The molecule has 154 valence electrons. The van der Waals surface area contributed by atoms with E-state index in [1.54, 1.807) is 12.1 Å². The van der Waals surface area contributed by atoms with Gasteiger partial charge in [0.25, 0.3) is 5.91 Å². The summed E-state index contributed by atoms with van der Waals surface area (Å²) in [6, 6.07) is 18.0. The number of anilines is 1. The summed E-state index contributed by atoms with van der Waals surface area (Å²) in [5.41, 5.74) is 2.52. The number of aryl methyl sites for hydroxylation is 2. The maximum absolute atomic E-state index is 11.9. The maximum atomic E-state index is 11.9. The molecular weight excluding hydrogens is 384 g/mol. The van der Waals surface area contributed by atoms with Crippen LogP contribution in [0.2, 0.25) is 0 Å². The van der Waals surface area contributed by atoms with Crippen molar-refractivity contribution in [2.45, 2.75) is 13.8 Å². The van der Waals surface area contributed by atoms with Crippen LogP contribution in [0.25, 0.3) is 10.8 Å². The van der Waals surface area contributed by atoms with E-state index in [1.165, 1.54) is 0 Å². The summed E-state index contributed by atoms with van der Waals surface area (Å²) in [5.74, 6) is -0.938. The first-order chi connectivity index (χ1) is 14.4. The van der Waals surface area contributed by atoms with Gasteiger partial charge in [-0.2, -0.15) is 0 Å². The van der Waals surface area contributed by atoms with E-state index < -0.39 is 24.5 Å². The van der Waals surface area contributed by atoms with E-state index in [-0.39, 0.29) is 6.61 Å². The molecule has 0 saturated carbocycles. The van der Waals surface area contributed by atoms with Gasteiger partial charge in [0.1, 0.15) is 5.75 Å². The fourth-order valence-electron chi connectivity index (χ4n) is 2.86. The second kappa shape index (κ2) is 9.56. The molecule has 7 heteroatoms. The molecule has 3 rings (SSSR count). The monoisotopic (exact) mass is 406 g/mol. The number of carbonyl (C=O) groups is 3. The number of imide groups is 1. The third kappa shape index (κ3) is 5.81. The summed E-state index contributed by atoms with van der Waals surface area (Å²) in [5, 5.41) is 6.74. The van der Waals surface area contributed by atoms with Gasteiger partial charge in [-0.15, -0.1) is 0 Å². The molecule has 3 amide bonds. The van der Waals surface area contributed by atoms with Crippen LogP contribution < -0.4 is 15.4 Å². The van der Waals surface area contributed by atoms with Crippen molar-refractivity contribution in [3.05, 3.63) is 71.8 Å². The molecule has 0 unspecified atom stereocenters. The minimum Gasteiger partial charge on any atom is -0.482 e. The first kappa shape index (κ1) is 20.9. The lowest BCUT2D eigenvalue weighted by atomic mass is 10.1. The first-order valence-corrected chi connectivity index (χ1v) is 9.36. The van der Waals surface area contributed by atoms with Crippen LogP contribution >= 0.6 is 0 Å². The first-order valence-electron chi connectivity index (χ1n) is 9.36. The normalized spacial score (nSPS) is 10.3. The molecule has 30 heavy (non-hydrogen) atoms. The van der Waals surface area contributed by atoms with Crippen molar-refractivity contribution < 1.29 is 23.9 Å². The summed E-state index contributed by atoms with van der Waals surface area (Å²) in [6.45, 7) is 2.86. The molecular formula is C23H22N2O5. The van der Waals surface area contributed by atoms with E-state index in [4.69, 9.17) is 9.47 Å². The Bertz CT molecular complexity index is 1090. The quantitative estimate of drug-likeness (QED) is 0.609. The number of benzene rings is 3. The number of hydrogen-bond acceptors (Lipinski definition) is 5. The molecule has 0 atom stereocenters. The Morgan fingerprint density at radius 3 is 2.40 bits per heavy atom. The largest absolute Gasteiger partial charge is 0.482 e. The second-order valence-corrected chi connectivity index (χ2v) is 6.78. The van der Waals surface area contributed by atoms with Crippen LogP contribution in [0, 0.1) is 13.8 Å². The van der Waals surface area contributed by atoms with Crippen LogP contribution in [0.15, 0.2) is 60.7 Å². The van der Waals surface area contributed by atoms with Gasteiger partial charge in [0, 0.05) is 5.69 Å². The molecule has 0 aliphatic carbocycles. The van der Waals surface area contributed by atoms with E-state index in [1.807, 2.05) is 62.4 Å². The smallest absolute Gasteiger partial charge is 0.344 e. The number of ether oxygens (including phenoxy) is 2. The van der Waals surface area contributed by atoms with E-state index >= 15 is 0 Å². The average Bonchev–Trinajstić information content (AvgIpc) is 2.72. The van der Waals surface area contributed by atoms with Crippen molar-refractivity contribution in [3.8, 4) is 5.75 Å². The Morgan fingerprint density at radius 1 is 0.867 bits per heavy atom. The highest BCUT2D eigenvalue weighted by Gasteiger charge is 2.12. The Kier molecular flexibility index (Phi) is 6.64. The summed E-state index contributed by atoms with van der Waals surface area (Å²) in [6.07, 6.45) is 0. The molecule has 7 nitrogen and oxygen atoms in total. The highest BCUT2D eigenvalue weighted by molar-refractivity contribution is 6.02. The average molecular weight is 406 g/mol. The van der Waals surface area contributed by atoms with Crippen molar-refractivity contribution in [2.24, 2.45) is 0 Å². The van der Waals surface area contributed by atoms with Crippen molar-refractivity contribution in [1.29, 1.82) is 0 Å².